The van der Waals surface area contributed by atoms with Gasteiger partial charge in [0.15, 0.2) is 5.82 Å². The number of fused-ring (bicyclic) bond motifs is 1. The third kappa shape index (κ3) is 2.84. The second kappa shape index (κ2) is 6.19. The van der Waals surface area contributed by atoms with Gasteiger partial charge in [-0.05, 0) is 45.1 Å². The molecule has 24 heavy (non-hydrogen) atoms. The summed E-state index contributed by atoms with van der Waals surface area (Å²) < 4.78 is 0. The Morgan fingerprint density at radius 2 is 1.21 bits per heavy atom. The maximum absolute atomic E-state index is 5.85. The molecule has 0 atom stereocenters. The summed E-state index contributed by atoms with van der Waals surface area (Å²) in [5, 5.41) is 2.61. The van der Waals surface area contributed by atoms with Crippen LogP contribution in [-0.2, 0) is 0 Å². The molecular formula is C19H11Cl2N3. The van der Waals surface area contributed by atoms with E-state index in [-0.39, 0.29) is 10.6 Å². The molecule has 1 heterocycles. The molecule has 4 rings (SSSR count). The first-order valence-corrected chi connectivity index (χ1v) is 8.12. The van der Waals surface area contributed by atoms with Gasteiger partial charge < -0.3 is 0 Å². The fourth-order valence-corrected chi connectivity index (χ4v) is 3.09. The quantitative estimate of drug-likeness (QED) is 0.467. The van der Waals surface area contributed by atoms with Crippen LogP contribution in [0.15, 0.2) is 66.7 Å². The van der Waals surface area contributed by atoms with Gasteiger partial charge in [-0.25, -0.2) is 0 Å². The van der Waals surface area contributed by atoms with Crippen molar-refractivity contribution in [1.82, 2.24) is 15.0 Å². The zero-order valence-corrected chi connectivity index (χ0v) is 14.0. The first-order chi connectivity index (χ1) is 11.7. The Morgan fingerprint density at radius 1 is 0.583 bits per heavy atom. The molecule has 3 aromatic carbocycles. The monoisotopic (exact) mass is 351 g/mol. The molecule has 0 saturated heterocycles. The highest BCUT2D eigenvalue weighted by Crippen LogP contribution is 2.30. The van der Waals surface area contributed by atoms with Gasteiger partial charge in [0.1, 0.15) is 0 Å². The van der Waals surface area contributed by atoms with E-state index in [2.05, 4.69) is 51.4 Å². The minimum Gasteiger partial charge on any atom is -0.198 e. The van der Waals surface area contributed by atoms with Crippen molar-refractivity contribution < 1.29 is 0 Å². The minimum atomic E-state index is 0.0862. The Morgan fingerprint density at radius 3 is 1.96 bits per heavy atom. The molecule has 0 spiro atoms. The van der Waals surface area contributed by atoms with Gasteiger partial charge in [0, 0.05) is 5.56 Å². The van der Waals surface area contributed by atoms with Crippen molar-refractivity contribution >= 4 is 34.0 Å². The van der Waals surface area contributed by atoms with Crippen LogP contribution in [0.5, 0.6) is 0 Å². The molecule has 0 saturated carbocycles. The molecule has 5 heteroatoms. The lowest BCUT2D eigenvalue weighted by molar-refractivity contribution is 1.06. The van der Waals surface area contributed by atoms with Crippen LogP contribution in [0.3, 0.4) is 0 Å². The number of benzene rings is 3. The van der Waals surface area contributed by atoms with Gasteiger partial charge in [0.2, 0.25) is 10.6 Å². The second-order valence-corrected chi connectivity index (χ2v) is 5.98. The normalized spacial score (nSPS) is 10.9. The Hall–Kier alpha value is -2.49. The molecule has 4 aromatic rings. The molecule has 0 aliphatic carbocycles. The zero-order chi connectivity index (χ0) is 16.5. The van der Waals surface area contributed by atoms with Crippen LogP contribution in [0.25, 0.3) is 33.3 Å². The van der Waals surface area contributed by atoms with Gasteiger partial charge in [0.05, 0.1) is 0 Å². The van der Waals surface area contributed by atoms with Crippen LogP contribution in [-0.4, -0.2) is 15.0 Å². The van der Waals surface area contributed by atoms with E-state index >= 15 is 0 Å². The molecule has 0 aliphatic rings. The lowest BCUT2D eigenvalue weighted by atomic mass is 9.97. The molecule has 0 radical (unpaired) electrons. The number of nitrogens with zero attached hydrogens (tertiary/aromatic N) is 3. The standard InChI is InChI=1S/C19H11Cl2N3/c20-18-22-17(23-19(21)24-18)14-10-8-13(9-11-14)16-7-3-5-12-4-1-2-6-15(12)16/h1-11H. The van der Waals surface area contributed by atoms with Gasteiger partial charge in [-0.15, -0.1) is 0 Å². The van der Waals surface area contributed by atoms with Crippen LogP contribution >= 0.6 is 23.2 Å². The molecule has 3 nitrogen and oxygen atoms in total. The Balaban J connectivity index is 1.78. The van der Waals surface area contributed by atoms with Gasteiger partial charge in [0.25, 0.3) is 0 Å². The van der Waals surface area contributed by atoms with Crippen LogP contribution in [0, 0.1) is 0 Å². The van der Waals surface area contributed by atoms with E-state index in [0.29, 0.717) is 5.82 Å². The van der Waals surface area contributed by atoms with E-state index in [1.54, 1.807) is 0 Å². The molecule has 116 valence electrons. The molecule has 0 N–H and O–H groups in total. The lowest BCUT2D eigenvalue weighted by Crippen LogP contribution is -1.93. The van der Waals surface area contributed by atoms with Crippen molar-refractivity contribution in [2.75, 3.05) is 0 Å². The first-order valence-electron chi connectivity index (χ1n) is 7.36. The van der Waals surface area contributed by atoms with E-state index < -0.39 is 0 Å². The van der Waals surface area contributed by atoms with E-state index in [9.17, 15) is 0 Å². The van der Waals surface area contributed by atoms with Crippen LogP contribution in [0.1, 0.15) is 0 Å². The van der Waals surface area contributed by atoms with E-state index in [0.717, 1.165) is 11.1 Å². The zero-order valence-electron chi connectivity index (χ0n) is 12.4. The average Bonchev–Trinajstić information content (AvgIpc) is 2.60. The summed E-state index contributed by atoms with van der Waals surface area (Å²) in [6.45, 7) is 0. The molecule has 0 fully saturated rings. The fourth-order valence-electron chi connectivity index (χ4n) is 2.73. The molecule has 0 bridgehead atoms. The summed E-state index contributed by atoms with van der Waals surface area (Å²) in [6.07, 6.45) is 0. The number of rotatable bonds is 2. The second-order valence-electron chi connectivity index (χ2n) is 5.30. The summed E-state index contributed by atoms with van der Waals surface area (Å²) in [4.78, 5) is 12.0. The predicted molar refractivity (Wildman–Crippen MR) is 98.2 cm³/mol. The van der Waals surface area contributed by atoms with E-state index in [4.69, 9.17) is 23.2 Å². The Bertz CT molecular complexity index is 1000. The summed E-state index contributed by atoms with van der Waals surface area (Å²) in [6, 6.07) is 22.6. The Labute approximate surface area is 148 Å². The van der Waals surface area contributed by atoms with Crippen LogP contribution < -0.4 is 0 Å². The summed E-state index contributed by atoms with van der Waals surface area (Å²) in [5.41, 5.74) is 3.15. The number of halogens is 2. The molecular weight excluding hydrogens is 341 g/mol. The topological polar surface area (TPSA) is 38.7 Å². The van der Waals surface area contributed by atoms with E-state index in [1.165, 1.54) is 16.3 Å². The minimum absolute atomic E-state index is 0.0862. The molecule has 1 aromatic heterocycles. The Kier molecular flexibility index (Phi) is 3.89. The maximum Gasteiger partial charge on any atom is 0.227 e. The average molecular weight is 352 g/mol. The van der Waals surface area contributed by atoms with Crippen LogP contribution in [0.2, 0.25) is 10.6 Å². The highest BCUT2D eigenvalue weighted by molar-refractivity contribution is 6.31. The number of hydrogen-bond acceptors (Lipinski definition) is 3. The van der Waals surface area contributed by atoms with Crippen molar-refractivity contribution in [3.8, 4) is 22.5 Å². The third-order valence-electron chi connectivity index (χ3n) is 3.82. The van der Waals surface area contributed by atoms with Crippen molar-refractivity contribution in [3.63, 3.8) is 0 Å². The fraction of sp³-hybridized carbons (Fsp3) is 0. The van der Waals surface area contributed by atoms with Gasteiger partial charge in [-0.2, -0.15) is 15.0 Å². The van der Waals surface area contributed by atoms with Crippen molar-refractivity contribution in [2.45, 2.75) is 0 Å². The van der Waals surface area contributed by atoms with Gasteiger partial charge in [-0.1, -0.05) is 66.7 Å². The highest BCUT2D eigenvalue weighted by Gasteiger charge is 2.08. The SMILES string of the molecule is Clc1nc(Cl)nc(-c2ccc(-c3cccc4ccccc34)cc2)n1. The predicted octanol–water partition coefficient (Wildman–Crippen LogP) is 5.67. The summed E-state index contributed by atoms with van der Waals surface area (Å²) in [5.74, 6) is 0.462. The molecule has 0 unspecified atom stereocenters. The highest BCUT2D eigenvalue weighted by atomic mass is 35.5. The number of hydrogen-bond donors (Lipinski definition) is 0. The molecule has 0 aliphatic heterocycles. The summed E-state index contributed by atoms with van der Waals surface area (Å²) >= 11 is 11.7. The summed E-state index contributed by atoms with van der Waals surface area (Å²) in [7, 11) is 0. The third-order valence-corrected chi connectivity index (χ3v) is 4.16. The van der Waals surface area contributed by atoms with E-state index in [1.807, 2.05) is 30.3 Å². The van der Waals surface area contributed by atoms with Crippen molar-refractivity contribution in [1.29, 1.82) is 0 Å². The van der Waals surface area contributed by atoms with Crippen molar-refractivity contribution in [2.24, 2.45) is 0 Å². The number of aromatic nitrogens is 3. The smallest absolute Gasteiger partial charge is 0.198 e. The molecule has 0 amide bonds. The van der Waals surface area contributed by atoms with Gasteiger partial charge in [-0.3, -0.25) is 0 Å². The largest absolute Gasteiger partial charge is 0.227 e. The van der Waals surface area contributed by atoms with Gasteiger partial charge >= 0.3 is 0 Å². The maximum atomic E-state index is 5.85. The van der Waals surface area contributed by atoms with Crippen LogP contribution in [0.4, 0.5) is 0 Å². The first kappa shape index (κ1) is 15.1. The van der Waals surface area contributed by atoms with Crippen molar-refractivity contribution in [3.05, 3.63) is 77.3 Å². The lowest BCUT2D eigenvalue weighted by Gasteiger charge is -2.08.